The van der Waals surface area contributed by atoms with Crippen molar-refractivity contribution >= 4 is 11.4 Å². The molecule has 1 aliphatic carbocycles. The van der Waals surface area contributed by atoms with E-state index < -0.39 is 0 Å². The van der Waals surface area contributed by atoms with Crippen LogP contribution in [-0.2, 0) is 0 Å². The monoisotopic (exact) mass is 206 g/mol. The van der Waals surface area contributed by atoms with Crippen molar-refractivity contribution in [2.45, 2.75) is 25.9 Å². The number of nitrogen functional groups attached to an aromatic ring is 1. The Labute approximate surface area is 90.3 Å². The summed E-state index contributed by atoms with van der Waals surface area (Å²) in [6.07, 6.45) is 2.09. The molecule has 1 aliphatic rings. The Balaban J connectivity index is 1.97. The summed E-state index contributed by atoms with van der Waals surface area (Å²) in [4.78, 5) is 0. The number of para-hydroxylation sites is 1. The lowest BCUT2D eigenvalue weighted by molar-refractivity contribution is 0.164. The van der Waals surface area contributed by atoms with Gasteiger partial charge in [-0.05, 0) is 37.3 Å². The van der Waals surface area contributed by atoms with Gasteiger partial charge in [0.05, 0.1) is 17.5 Å². The summed E-state index contributed by atoms with van der Waals surface area (Å²) in [5, 5.41) is 13.0. The number of hydrogen-bond acceptors (Lipinski definition) is 3. The molecule has 0 heterocycles. The van der Waals surface area contributed by atoms with Gasteiger partial charge in [0, 0.05) is 6.54 Å². The van der Waals surface area contributed by atoms with Crippen LogP contribution in [0.15, 0.2) is 18.2 Å². The third-order valence-corrected chi connectivity index (χ3v) is 2.96. The van der Waals surface area contributed by atoms with E-state index in [4.69, 9.17) is 5.73 Å². The fraction of sp³-hybridized carbons (Fsp3) is 0.500. The van der Waals surface area contributed by atoms with Gasteiger partial charge in [0.15, 0.2) is 0 Å². The highest BCUT2D eigenvalue weighted by atomic mass is 16.3. The van der Waals surface area contributed by atoms with Crippen LogP contribution in [0.5, 0.6) is 0 Å². The number of rotatable bonds is 4. The minimum Gasteiger partial charge on any atom is -0.397 e. The van der Waals surface area contributed by atoms with Crippen molar-refractivity contribution in [3.05, 3.63) is 23.8 Å². The first kappa shape index (κ1) is 10.3. The number of anilines is 2. The van der Waals surface area contributed by atoms with E-state index in [1.165, 1.54) is 0 Å². The highest BCUT2D eigenvalue weighted by Crippen LogP contribution is 2.33. The fourth-order valence-corrected chi connectivity index (χ4v) is 1.79. The van der Waals surface area contributed by atoms with Crippen molar-refractivity contribution in [2.75, 3.05) is 17.6 Å². The predicted molar refractivity (Wildman–Crippen MR) is 62.8 cm³/mol. The lowest BCUT2D eigenvalue weighted by Crippen LogP contribution is -2.22. The Morgan fingerprint density at radius 1 is 1.53 bits per heavy atom. The molecule has 2 rings (SSSR count). The number of aliphatic hydroxyl groups is 1. The van der Waals surface area contributed by atoms with Crippen LogP contribution in [0.4, 0.5) is 11.4 Å². The van der Waals surface area contributed by atoms with Gasteiger partial charge in [-0.25, -0.2) is 0 Å². The summed E-state index contributed by atoms with van der Waals surface area (Å²) in [6, 6.07) is 5.83. The lowest BCUT2D eigenvalue weighted by atomic mass is 10.1. The molecule has 1 unspecified atom stereocenters. The first-order valence-electron chi connectivity index (χ1n) is 5.45. The smallest absolute Gasteiger partial charge is 0.0740 e. The van der Waals surface area contributed by atoms with E-state index in [2.05, 4.69) is 5.32 Å². The molecule has 3 nitrogen and oxygen atoms in total. The summed E-state index contributed by atoms with van der Waals surface area (Å²) in [5.74, 6) is 0.503. The molecule has 1 fully saturated rings. The second-order valence-corrected chi connectivity index (χ2v) is 4.32. The number of aryl methyl sites for hydroxylation is 1. The van der Waals surface area contributed by atoms with Gasteiger partial charge in [-0.2, -0.15) is 0 Å². The molecule has 1 saturated carbocycles. The van der Waals surface area contributed by atoms with E-state index in [9.17, 15) is 5.11 Å². The summed E-state index contributed by atoms with van der Waals surface area (Å²) in [6.45, 7) is 2.61. The first-order chi connectivity index (χ1) is 7.18. The largest absolute Gasteiger partial charge is 0.397 e. The number of nitrogens with one attached hydrogen (secondary N) is 1. The SMILES string of the molecule is Cc1cccc(N)c1NCC(O)C1CC1. The molecule has 3 heteroatoms. The van der Waals surface area contributed by atoms with Crippen LogP contribution < -0.4 is 11.1 Å². The van der Waals surface area contributed by atoms with Crippen LogP contribution in [0.1, 0.15) is 18.4 Å². The van der Waals surface area contributed by atoms with E-state index in [1.807, 2.05) is 25.1 Å². The van der Waals surface area contributed by atoms with Crippen molar-refractivity contribution in [2.24, 2.45) is 5.92 Å². The number of nitrogens with two attached hydrogens (primary N) is 1. The molecule has 0 aromatic heterocycles. The summed E-state index contributed by atoms with van der Waals surface area (Å²) >= 11 is 0. The van der Waals surface area contributed by atoms with Crippen molar-refractivity contribution in [3.63, 3.8) is 0 Å². The molecule has 0 aliphatic heterocycles. The third kappa shape index (κ3) is 2.42. The van der Waals surface area contributed by atoms with Gasteiger partial charge in [0.25, 0.3) is 0 Å². The van der Waals surface area contributed by atoms with Gasteiger partial charge in [-0.1, -0.05) is 12.1 Å². The minimum absolute atomic E-state index is 0.232. The first-order valence-corrected chi connectivity index (χ1v) is 5.45. The van der Waals surface area contributed by atoms with Crippen LogP contribution in [0.25, 0.3) is 0 Å². The van der Waals surface area contributed by atoms with Crippen molar-refractivity contribution in [1.82, 2.24) is 0 Å². The molecule has 1 aromatic carbocycles. The second kappa shape index (κ2) is 4.11. The molecule has 1 atom stereocenters. The van der Waals surface area contributed by atoms with Gasteiger partial charge in [-0.3, -0.25) is 0 Å². The van der Waals surface area contributed by atoms with Crippen molar-refractivity contribution < 1.29 is 5.11 Å². The zero-order valence-electron chi connectivity index (χ0n) is 9.03. The van der Waals surface area contributed by atoms with Crippen LogP contribution in [0.3, 0.4) is 0 Å². The van der Waals surface area contributed by atoms with Gasteiger partial charge >= 0.3 is 0 Å². The quantitative estimate of drug-likeness (QED) is 0.658. The molecule has 0 amide bonds. The number of aliphatic hydroxyl groups excluding tert-OH is 1. The minimum atomic E-state index is -0.232. The topological polar surface area (TPSA) is 58.3 Å². The lowest BCUT2D eigenvalue weighted by Gasteiger charge is -2.15. The Kier molecular flexibility index (Phi) is 2.82. The van der Waals surface area contributed by atoms with E-state index in [0.29, 0.717) is 12.5 Å². The molecule has 4 N–H and O–H groups in total. The zero-order chi connectivity index (χ0) is 10.8. The van der Waals surface area contributed by atoms with Crippen LogP contribution in [-0.4, -0.2) is 17.8 Å². The standard InChI is InChI=1S/C12H18N2O/c1-8-3-2-4-10(13)12(8)14-7-11(15)9-5-6-9/h2-4,9,11,14-15H,5-7,13H2,1H3. The van der Waals surface area contributed by atoms with Crippen LogP contribution >= 0.6 is 0 Å². The molecule has 0 saturated heterocycles. The molecular formula is C12H18N2O. The Hall–Kier alpha value is -1.22. The molecule has 82 valence electrons. The predicted octanol–water partition coefficient (Wildman–Crippen LogP) is 1.76. The normalized spacial score (nSPS) is 17.5. The van der Waals surface area contributed by atoms with Crippen LogP contribution in [0, 0.1) is 12.8 Å². The fourth-order valence-electron chi connectivity index (χ4n) is 1.79. The van der Waals surface area contributed by atoms with Crippen molar-refractivity contribution in [3.8, 4) is 0 Å². The molecular weight excluding hydrogens is 188 g/mol. The molecule has 0 bridgehead atoms. The Morgan fingerprint density at radius 2 is 2.27 bits per heavy atom. The van der Waals surface area contributed by atoms with Crippen LogP contribution in [0.2, 0.25) is 0 Å². The summed E-state index contributed by atoms with van der Waals surface area (Å²) in [5.41, 5.74) is 8.68. The van der Waals surface area contributed by atoms with Gasteiger partial charge in [0.2, 0.25) is 0 Å². The molecule has 0 spiro atoms. The maximum absolute atomic E-state index is 9.73. The van der Waals surface area contributed by atoms with Gasteiger partial charge < -0.3 is 16.2 Å². The summed E-state index contributed by atoms with van der Waals surface area (Å²) in [7, 11) is 0. The average Bonchev–Trinajstić information content (AvgIpc) is 2.99. The maximum Gasteiger partial charge on any atom is 0.0740 e. The number of hydrogen-bond donors (Lipinski definition) is 3. The van der Waals surface area contributed by atoms with E-state index in [1.54, 1.807) is 0 Å². The third-order valence-electron chi connectivity index (χ3n) is 2.96. The average molecular weight is 206 g/mol. The summed E-state index contributed by atoms with van der Waals surface area (Å²) < 4.78 is 0. The molecule has 1 aromatic rings. The Bertz CT molecular complexity index is 327. The molecule has 15 heavy (non-hydrogen) atoms. The molecule has 0 radical (unpaired) electrons. The number of benzene rings is 1. The maximum atomic E-state index is 9.73. The second-order valence-electron chi connectivity index (χ2n) is 4.32. The zero-order valence-corrected chi connectivity index (χ0v) is 9.03. The van der Waals surface area contributed by atoms with Crippen molar-refractivity contribution in [1.29, 1.82) is 0 Å². The Morgan fingerprint density at radius 3 is 2.87 bits per heavy atom. The van der Waals surface area contributed by atoms with E-state index in [-0.39, 0.29) is 6.10 Å². The highest BCUT2D eigenvalue weighted by Gasteiger charge is 2.29. The van der Waals surface area contributed by atoms with E-state index >= 15 is 0 Å². The van der Waals surface area contributed by atoms with Gasteiger partial charge in [-0.15, -0.1) is 0 Å². The van der Waals surface area contributed by atoms with Gasteiger partial charge in [0.1, 0.15) is 0 Å². The van der Waals surface area contributed by atoms with E-state index in [0.717, 1.165) is 29.8 Å². The highest BCUT2D eigenvalue weighted by molar-refractivity contribution is 5.69.